The monoisotopic (exact) mass is 498 g/mol. The lowest BCUT2D eigenvalue weighted by atomic mass is 9.76. The maximum atomic E-state index is 6.12. The van der Waals surface area contributed by atoms with Crippen LogP contribution in [0, 0.1) is 0 Å². The number of benzene rings is 4. The quantitative estimate of drug-likeness (QED) is 0.159. The predicted molar refractivity (Wildman–Crippen MR) is 160 cm³/mol. The molecule has 1 heterocycles. The molecule has 5 aromatic rings. The summed E-state index contributed by atoms with van der Waals surface area (Å²) in [6.45, 7) is 2.28. The first-order valence-electron chi connectivity index (χ1n) is 13.2. The molecule has 0 fully saturated rings. The van der Waals surface area contributed by atoms with Gasteiger partial charge in [0.2, 0.25) is 0 Å². The summed E-state index contributed by atoms with van der Waals surface area (Å²) < 4.78 is 2.33. The van der Waals surface area contributed by atoms with Gasteiger partial charge in [0.15, 0.2) is 0 Å². The van der Waals surface area contributed by atoms with Crippen molar-refractivity contribution in [3.8, 4) is 0 Å². The molecule has 0 spiro atoms. The number of aromatic nitrogens is 2. The molecule has 2 nitrogen and oxygen atoms in total. The maximum absolute atomic E-state index is 6.12. The van der Waals surface area contributed by atoms with Crippen molar-refractivity contribution in [3.63, 3.8) is 0 Å². The van der Waals surface area contributed by atoms with Crippen molar-refractivity contribution in [1.29, 1.82) is 0 Å². The molecule has 4 aromatic carbocycles. The maximum Gasteiger partial charge on any atom is 0.0953 e. The molecule has 2 radical (unpaired) electrons. The highest BCUT2D eigenvalue weighted by atomic mass is 28.2. The van der Waals surface area contributed by atoms with Crippen LogP contribution in [0.3, 0.4) is 0 Å². The van der Waals surface area contributed by atoms with E-state index in [1.165, 1.54) is 30.0 Å². The second-order valence-corrected chi connectivity index (χ2v) is 11.5. The second kappa shape index (κ2) is 13.6. The molecule has 0 saturated carbocycles. The zero-order chi connectivity index (χ0) is 25.8. The lowest BCUT2D eigenvalue weighted by molar-refractivity contribution is 0.588. The third-order valence-electron chi connectivity index (χ3n) is 6.91. The summed E-state index contributed by atoms with van der Waals surface area (Å²) >= 11 is 0. The van der Waals surface area contributed by atoms with Crippen LogP contribution >= 0.6 is 0 Å². The highest BCUT2D eigenvalue weighted by Crippen LogP contribution is 2.34. The summed E-state index contributed by atoms with van der Waals surface area (Å²) in [6, 6.07) is 43.5. The first-order valence-corrected chi connectivity index (χ1v) is 14.9. The fraction of sp³-hybridized carbons (Fsp3) is 0.182. The lowest BCUT2D eigenvalue weighted by Crippen LogP contribution is -2.41. The van der Waals surface area contributed by atoms with Crippen LogP contribution in [0.2, 0.25) is 6.04 Å². The van der Waals surface area contributed by atoms with Gasteiger partial charge in [-0.3, -0.25) is 0 Å². The topological polar surface area (TPSA) is 17.8 Å². The van der Waals surface area contributed by atoms with Crippen LogP contribution in [0.15, 0.2) is 140 Å². The molecule has 4 heteroatoms. The number of imidazole rings is 1. The normalized spacial score (nSPS) is 11.4. The van der Waals surface area contributed by atoms with Gasteiger partial charge in [0.05, 0.1) is 28.9 Å². The molecule has 5 rings (SSSR count). The molecule has 0 aliphatic rings. The minimum absolute atomic E-state index is 0.0163. The Bertz CT molecular complexity index is 1200. The van der Waals surface area contributed by atoms with Crippen LogP contribution in [0.25, 0.3) is 0 Å². The van der Waals surface area contributed by atoms with E-state index in [1.807, 2.05) is 48.9 Å². The summed E-state index contributed by atoms with van der Waals surface area (Å²) in [5.41, 5.74) is 5.07. The van der Waals surface area contributed by atoms with Crippen molar-refractivity contribution in [2.24, 2.45) is 0 Å². The Balaban J connectivity index is 0.000000195. The van der Waals surface area contributed by atoms with Crippen LogP contribution in [0.5, 0.6) is 0 Å². The molecule has 0 N–H and O–H groups in total. The summed E-state index contributed by atoms with van der Waals surface area (Å²) in [5.74, 6) is -0.0163. The Morgan fingerprint density at radius 1 is 0.730 bits per heavy atom. The van der Waals surface area contributed by atoms with Crippen molar-refractivity contribution in [1.82, 2.24) is 9.55 Å². The molecule has 184 valence electrons. The van der Waals surface area contributed by atoms with Crippen molar-refractivity contribution >= 4 is 17.4 Å². The molecule has 0 saturated heterocycles. The molecule has 1 aromatic heterocycles. The van der Waals surface area contributed by atoms with E-state index in [-0.39, 0.29) is 11.0 Å². The summed E-state index contributed by atoms with van der Waals surface area (Å²) in [4.78, 5) is 4.35. The number of hydrogen-bond donors (Lipinski definition) is 0. The highest BCUT2D eigenvalue weighted by Gasteiger charge is 2.35. The van der Waals surface area contributed by atoms with E-state index < -0.39 is 9.52 Å². The van der Waals surface area contributed by atoms with Gasteiger partial charge in [-0.2, -0.15) is 0 Å². The molecule has 0 amide bonds. The highest BCUT2D eigenvalue weighted by molar-refractivity contribution is 6.41. The summed E-state index contributed by atoms with van der Waals surface area (Å²) in [7, 11) is 5.68. The van der Waals surface area contributed by atoms with E-state index in [0.29, 0.717) is 0 Å². The molecule has 0 bridgehead atoms. The smallest absolute Gasteiger partial charge is 0.0953 e. The minimum Gasteiger partial charge on any atom is -0.327 e. The average Bonchev–Trinajstić information content (AvgIpc) is 3.53. The SMILES string of the molecule is CCCC[SiH2]C(c1ccccc1)(c1ccccc1)n1ccnc1.[B]C(c1ccccc1)c1ccccc1. The van der Waals surface area contributed by atoms with Crippen LogP contribution in [-0.4, -0.2) is 26.9 Å². The summed E-state index contributed by atoms with van der Waals surface area (Å²) in [6.07, 6.45) is 8.58. The van der Waals surface area contributed by atoms with Crippen molar-refractivity contribution in [3.05, 3.63) is 162 Å². The molecule has 0 atom stereocenters. The molecular formula is C33H35BN2Si. The first-order chi connectivity index (χ1) is 18.3. The standard InChI is InChI=1S/C20H24N2Si.C13H11B/c1-2-3-16-23-20(22-15-14-21-17-22,18-10-6-4-7-11-18)19-12-8-5-9-13-19;14-13(11-7-3-1-4-8-11)12-9-5-2-6-10-12/h4-15,17H,2-3,16,23H2,1H3;1-10,13H. The van der Waals surface area contributed by atoms with Gasteiger partial charge >= 0.3 is 0 Å². The van der Waals surface area contributed by atoms with Crippen molar-refractivity contribution in [2.75, 3.05) is 0 Å². The number of hydrogen-bond acceptors (Lipinski definition) is 1. The lowest BCUT2D eigenvalue weighted by Gasteiger charge is -2.37. The minimum atomic E-state index is -0.435. The Morgan fingerprint density at radius 2 is 1.19 bits per heavy atom. The van der Waals surface area contributed by atoms with Gasteiger partial charge in [-0.15, -0.1) is 0 Å². The zero-order valence-electron chi connectivity index (χ0n) is 21.7. The predicted octanol–water partition coefficient (Wildman–Crippen LogP) is 6.96. The molecule has 0 aliphatic heterocycles. The molecule has 0 unspecified atom stereocenters. The number of unbranched alkanes of at least 4 members (excludes halogenated alkanes) is 1. The van der Waals surface area contributed by atoms with Crippen LogP contribution in [-0.2, 0) is 5.16 Å². The third-order valence-corrected chi connectivity index (χ3v) is 9.67. The van der Waals surface area contributed by atoms with Gasteiger partial charge in [-0.1, -0.05) is 147 Å². The van der Waals surface area contributed by atoms with E-state index in [0.717, 1.165) is 11.1 Å². The second-order valence-electron chi connectivity index (χ2n) is 9.32. The van der Waals surface area contributed by atoms with Gasteiger partial charge in [-0.05, 0) is 28.1 Å². The van der Waals surface area contributed by atoms with Gasteiger partial charge in [0, 0.05) is 12.4 Å². The molecule has 37 heavy (non-hydrogen) atoms. The van der Waals surface area contributed by atoms with Crippen LogP contribution < -0.4 is 0 Å². The fourth-order valence-corrected chi connectivity index (χ4v) is 7.69. The Labute approximate surface area is 225 Å². The third kappa shape index (κ3) is 6.58. The van der Waals surface area contributed by atoms with E-state index in [1.54, 1.807) is 0 Å². The van der Waals surface area contributed by atoms with E-state index in [9.17, 15) is 0 Å². The van der Waals surface area contributed by atoms with Crippen molar-refractivity contribution in [2.45, 2.75) is 36.8 Å². The van der Waals surface area contributed by atoms with E-state index in [2.05, 4.69) is 108 Å². The number of nitrogens with zero attached hydrogens (tertiary/aromatic N) is 2. The van der Waals surface area contributed by atoms with Gasteiger partial charge in [0.25, 0.3) is 0 Å². The zero-order valence-corrected chi connectivity index (χ0v) is 23.1. The van der Waals surface area contributed by atoms with E-state index >= 15 is 0 Å². The van der Waals surface area contributed by atoms with Gasteiger partial charge < -0.3 is 4.57 Å². The van der Waals surface area contributed by atoms with Crippen LogP contribution in [0.4, 0.5) is 0 Å². The van der Waals surface area contributed by atoms with Gasteiger partial charge in [-0.25, -0.2) is 4.98 Å². The summed E-state index contributed by atoms with van der Waals surface area (Å²) in [5, 5.41) is -0.0474. The average molecular weight is 499 g/mol. The Hall–Kier alpha value is -3.63. The Morgan fingerprint density at radius 3 is 1.59 bits per heavy atom. The van der Waals surface area contributed by atoms with Gasteiger partial charge in [0.1, 0.15) is 0 Å². The first kappa shape index (κ1) is 26.4. The molecule has 0 aliphatic carbocycles. The van der Waals surface area contributed by atoms with E-state index in [4.69, 9.17) is 7.85 Å². The largest absolute Gasteiger partial charge is 0.327 e. The number of rotatable bonds is 9. The Kier molecular flexibility index (Phi) is 9.73. The fourth-order valence-electron chi connectivity index (χ4n) is 4.94. The van der Waals surface area contributed by atoms with Crippen molar-refractivity contribution < 1.29 is 0 Å². The van der Waals surface area contributed by atoms with Crippen LogP contribution in [0.1, 0.15) is 47.8 Å². The molecular weight excluding hydrogens is 463 g/mol.